The second kappa shape index (κ2) is 7.43. The van der Waals surface area contributed by atoms with Gasteiger partial charge in [0.1, 0.15) is 6.54 Å². The van der Waals surface area contributed by atoms with E-state index >= 15 is 0 Å². The van der Waals surface area contributed by atoms with Crippen LogP contribution >= 0.6 is 0 Å². The molecule has 0 unspecified atom stereocenters. The third-order valence-corrected chi connectivity index (χ3v) is 4.36. The standard InChI is InChI=1S/C18H26N2O2/c1-13-8-7-9-14(2)18(13)20(15(3)21)12-17(22)19-16-10-5-4-6-11-16/h7-9,16H,4-6,10-12H2,1-3H3,(H,19,22). The van der Waals surface area contributed by atoms with Gasteiger partial charge in [-0.25, -0.2) is 0 Å². The van der Waals surface area contributed by atoms with E-state index in [1.54, 1.807) is 4.90 Å². The summed E-state index contributed by atoms with van der Waals surface area (Å²) >= 11 is 0. The van der Waals surface area contributed by atoms with E-state index in [1.165, 1.54) is 26.2 Å². The highest BCUT2D eigenvalue weighted by molar-refractivity contribution is 5.98. The number of benzene rings is 1. The van der Waals surface area contributed by atoms with Crippen molar-refractivity contribution in [1.29, 1.82) is 0 Å². The first kappa shape index (κ1) is 16.5. The topological polar surface area (TPSA) is 49.4 Å². The van der Waals surface area contributed by atoms with Crippen molar-refractivity contribution in [2.24, 2.45) is 0 Å². The first-order valence-corrected chi connectivity index (χ1v) is 8.12. The molecule has 1 aromatic carbocycles. The fourth-order valence-electron chi connectivity index (χ4n) is 3.24. The highest BCUT2D eigenvalue weighted by Gasteiger charge is 2.21. The van der Waals surface area contributed by atoms with Crippen LogP contribution in [-0.4, -0.2) is 24.4 Å². The number of para-hydroxylation sites is 1. The van der Waals surface area contributed by atoms with Crippen LogP contribution in [0, 0.1) is 13.8 Å². The van der Waals surface area contributed by atoms with E-state index in [-0.39, 0.29) is 24.4 Å². The number of carbonyl (C=O) groups excluding carboxylic acids is 2. The number of carbonyl (C=O) groups is 2. The number of hydrogen-bond acceptors (Lipinski definition) is 2. The Hall–Kier alpha value is -1.84. The van der Waals surface area contributed by atoms with Gasteiger partial charge in [0.15, 0.2) is 0 Å². The number of anilines is 1. The van der Waals surface area contributed by atoms with Crippen molar-refractivity contribution >= 4 is 17.5 Å². The molecule has 1 aromatic rings. The van der Waals surface area contributed by atoms with Gasteiger partial charge in [-0.1, -0.05) is 37.5 Å². The van der Waals surface area contributed by atoms with Crippen molar-refractivity contribution in [1.82, 2.24) is 5.32 Å². The molecule has 2 amide bonds. The van der Waals surface area contributed by atoms with E-state index in [4.69, 9.17) is 0 Å². The molecule has 120 valence electrons. The summed E-state index contributed by atoms with van der Waals surface area (Å²) in [6.07, 6.45) is 5.72. The van der Waals surface area contributed by atoms with E-state index in [2.05, 4.69) is 5.32 Å². The van der Waals surface area contributed by atoms with Crippen LogP contribution in [0.1, 0.15) is 50.2 Å². The average Bonchev–Trinajstić information content (AvgIpc) is 2.46. The fourth-order valence-corrected chi connectivity index (χ4v) is 3.24. The number of nitrogens with one attached hydrogen (secondary N) is 1. The molecule has 0 spiro atoms. The van der Waals surface area contributed by atoms with Crippen molar-refractivity contribution in [3.63, 3.8) is 0 Å². The molecule has 1 aliphatic carbocycles. The van der Waals surface area contributed by atoms with E-state index < -0.39 is 0 Å². The summed E-state index contributed by atoms with van der Waals surface area (Å²) in [7, 11) is 0. The molecule has 1 fully saturated rings. The van der Waals surface area contributed by atoms with E-state index in [1.807, 2.05) is 32.0 Å². The van der Waals surface area contributed by atoms with E-state index in [0.29, 0.717) is 0 Å². The zero-order valence-corrected chi connectivity index (χ0v) is 13.8. The summed E-state index contributed by atoms with van der Waals surface area (Å²) in [6.45, 7) is 5.55. The Morgan fingerprint density at radius 1 is 1.14 bits per heavy atom. The quantitative estimate of drug-likeness (QED) is 0.929. The van der Waals surface area contributed by atoms with E-state index in [0.717, 1.165) is 29.7 Å². The molecule has 0 bridgehead atoms. The van der Waals surface area contributed by atoms with Gasteiger partial charge in [-0.2, -0.15) is 0 Å². The lowest BCUT2D eigenvalue weighted by atomic mass is 9.95. The minimum Gasteiger partial charge on any atom is -0.352 e. The van der Waals surface area contributed by atoms with Crippen LogP contribution in [0.5, 0.6) is 0 Å². The predicted molar refractivity (Wildman–Crippen MR) is 89.0 cm³/mol. The van der Waals surface area contributed by atoms with Crippen molar-refractivity contribution in [3.8, 4) is 0 Å². The molecule has 1 N–H and O–H groups in total. The molecular formula is C18H26N2O2. The molecule has 0 aliphatic heterocycles. The van der Waals surface area contributed by atoms with Gasteiger partial charge in [-0.3, -0.25) is 9.59 Å². The largest absolute Gasteiger partial charge is 0.352 e. The average molecular weight is 302 g/mol. The van der Waals surface area contributed by atoms with Gasteiger partial charge >= 0.3 is 0 Å². The first-order valence-electron chi connectivity index (χ1n) is 8.12. The molecule has 0 aromatic heterocycles. The summed E-state index contributed by atoms with van der Waals surface area (Å²) in [5.41, 5.74) is 2.88. The summed E-state index contributed by atoms with van der Waals surface area (Å²) in [6, 6.07) is 6.18. The van der Waals surface area contributed by atoms with E-state index in [9.17, 15) is 9.59 Å². The Balaban J connectivity index is 2.08. The molecule has 1 saturated carbocycles. The minimum atomic E-state index is -0.101. The summed E-state index contributed by atoms with van der Waals surface area (Å²) < 4.78 is 0. The van der Waals surface area contributed by atoms with Crippen LogP contribution in [0.2, 0.25) is 0 Å². The number of amides is 2. The summed E-state index contributed by atoms with van der Waals surface area (Å²) in [4.78, 5) is 25.9. The Kier molecular flexibility index (Phi) is 5.58. The Labute approximate surface area is 132 Å². The van der Waals surface area contributed by atoms with Crippen molar-refractivity contribution in [2.45, 2.75) is 58.9 Å². The lowest BCUT2D eigenvalue weighted by Crippen LogP contribution is -2.44. The van der Waals surface area contributed by atoms with Crippen molar-refractivity contribution in [2.75, 3.05) is 11.4 Å². The zero-order valence-electron chi connectivity index (χ0n) is 13.8. The van der Waals surface area contributed by atoms with Gasteiger partial charge < -0.3 is 10.2 Å². The second-order valence-corrected chi connectivity index (χ2v) is 6.25. The Bertz CT molecular complexity index is 528. The van der Waals surface area contributed by atoms with Crippen LogP contribution in [0.15, 0.2) is 18.2 Å². The Morgan fingerprint density at radius 2 is 1.73 bits per heavy atom. The smallest absolute Gasteiger partial charge is 0.240 e. The highest BCUT2D eigenvalue weighted by Crippen LogP contribution is 2.24. The summed E-state index contributed by atoms with van der Waals surface area (Å²) in [5, 5.41) is 3.08. The van der Waals surface area contributed by atoms with Gasteiger partial charge in [0.25, 0.3) is 0 Å². The number of aryl methyl sites for hydroxylation is 2. The van der Waals surface area contributed by atoms with Crippen LogP contribution in [0.3, 0.4) is 0 Å². The molecule has 4 heteroatoms. The second-order valence-electron chi connectivity index (χ2n) is 6.25. The lowest BCUT2D eigenvalue weighted by Gasteiger charge is -2.27. The molecule has 1 aliphatic rings. The molecule has 0 radical (unpaired) electrons. The predicted octanol–water partition coefficient (Wildman–Crippen LogP) is 3.11. The molecule has 4 nitrogen and oxygen atoms in total. The lowest BCUT2D eigenvalue weighted by molar-refractivity contribution is -0.123. The van der Waals surface area contributed by atoms with Crippen molar-refractivity contribution < 1.29 is 9.59 Å². The van der Waals surface area contributed by atoms with Gasteiger partial charge in [-0.15, -0.1) is 0 Å². The number of hydrogen-bond donors (Lipinski definition) is 1. The molecule has 2 rings (SSSR count). The molecular weight excluding hydrogens is 276 g/mol. The van der Waals surface area contributed by atoms with Crippen LogP contribution < -0.4 is 10.2 Å². The molecule has 0 heterocycles. The molecule has 22 heavy (non-hydrogen) atoms. The van der Waals surface area contributed by atoms with Gasteiger partial charge in [0.05, 0.1) is 5.69 Å². The highest BCUT2D eigenvalue weighted by atomic mass is 16.2. The minimum absolute atomic E-state index is 0.0650. The van der Waals surface area contributed by atoms with Crippen LogP contribution in [0.4, 0.5) is 5.69 Å². The first-order chi connectivity index (χ1) is 10.5. The van der Waals surface area contributed by atoms with Gasteiger partial charge in [0, 0.05) is 13.0 Å². The number of nitrogens with zero attached hydrogens (tertiary/aromatic N) is 1. The molecule has 0 saturated heterocycles. The zero-order chi connectivity index (χ0) is 16.1. The van der Waals surface area contributed by atoms with Crippen LogP contribution in [0.25, 0.3) is 0 Å². The fraction of sp³-hybridized carbons (Fsp3) is 0.556. The monoisotopic (exact) mass is 302 g/mol. The SMILES string of the molecule is CC(=O)N(CC(=O)NC1CCCCC1)c1c(C)cccc1C. The normalized spacial score (nSPS) is 15.4. The number of rotatable bonds is 4. The third kappa shape index (κ3) is 4.09. The van der Waals surface area contributed by atoms with Crippen LogP contribution in [-0.2, 0) is 9.59 Å². The molecule has 0 atom stereocenters. The Morgan fingerprint density at radius 3 is 2.27 bits per heavy atom. The summed E-state index contributed by atoms with van der Waals surface area (Å²) in [5.74, 6) is -0.166. The third-order valence-electron chi connectivity index (χ3n) is 4.36. The maximum absolute atomic E-state index is 12.3. The maximum atomic E-state index is 12.3. The van der Waals surface area contributed by atoms with Gasteiger partial charge in [-0.05, 0) is 37.8 Å². The van der Waals surface area contributed by atoms with Gasteiger partial charge in [0.2, 0.25) is 11.8 Å². The maximum Gasteiger partial charge on any atom is 0.240 e. The van der Waals surface area contributed by atoms with Crippen molar-refractivity contribution in [3.05, 3.63) is 29.3 Å².